The van der Waals surface area contributed by atoms with E-state index in [1.165, 1.54) is 19.3 Å². The summed E-state index contributed by atoms with van der Waals surface area (Å²) in [5, 5.41) is 3.95. The fraction of sp³-hybridized carbons (Fsp3) is 0.375. The molecule has 1 aromatic heterocycles. The summed E-state index contributed by atoms with van der Waals surface area (Å²) in [4.78, 5) is 16.4. The topological polar surface area (TPSA) is 42.0 Å². The molecule has 3 rings (SSSR count). The molecular formula is C16H18N2OS. The molecule has 104 valence electrons. The summed E-state index contributed by atoms with van der Waals surface area (Å²) in [6.07, 6.45) is 9.39. The number of amides is 1. The van der Waals surface area contributed by atoms with Crippen molar-refractivity contribution in [2.75, 3.05) is 0 Å². The van der Waals surface area contributed by atoms with Crippen molar-refractivity contribution in [2.45, 2.75) is 38.1 Å². The normalized spacial score (nSPS) is 16.8. The van der Waals surface area contributed by atoms with Crippen molar-refractivity contribution in [1.82, 2.24) is 10.3 Å². The van der Waals surface area contributed by atoms with Crippen molar-refractivity contribution in [3.8, 4) is 0 Å². The first kappa shape index (κ1) is 13.3. The van der Waals surface area contributed by atoms with Gasteiger partial charge in [0.15, 0.2) is 0 Å². The second kappa shape index (κ2) is 6.18. The first-order valence-corrected chi connectivity index (χ1v) is 7.97. The van der Waals surface area contributed by atoms with E-state index in [1.54, 1.807) is 17.4 Å². The highest BCUT2D eigenvalue weighted by Gasteiger charge is 2.14. The molecule has 1 N–H and O–H groups in total. The summed E-state index contributed by atoms with van der Waals surface area (Å²) >= 11 is 1.61. The van der Waals surface area contributed by atoms with Crippen LogP contribution in [0.3, 0.4) is 0 Å². The predicted molar refractivity (Wildman–Crippen MR) is 83.7 cm³/mol. The fourth-order valence-electron chi connectivity index (χ4n) is 2.60. The number of rotatable bonds is 3. The monoisotopic (exact) mass is 286 g/mol. The van der Waals surface area contributed by atoms with Crippen molar-refractivity contribution < 1.29 is 4.79 Å². The third-order valence-electron chi connectivity index (χ3n) is 3.64. The van der Waals surface area contributed by atoms with Gasteiger partial charge in [-0.25, -0.2) is 4.98 Å². The SMILES string of the molecule is O=C(C=Cc1nc2ccccc2s1)NC1CCCCC1. The van der Waals surface area contributed by atoms with Crippen LogP contribution in [0, 0.1) is 0 Å². The van der Waals surface area contributed by atoms with E-state index in [9.17, 15) is 4.79 Å². The molecular weight excluding hydrogens is 268 g/mol. The van der Waals surface area contributed by atoms with Crippen LogP contribution in [0.5, 0.6) is 0 Å². The van der Waals surface area contributed by atoms with Crippen LogP contribution >= 0.6 is 11.3 Å². The Hall–Kier alpha value is -1.68. The summed E-state index contributed by atoms with van der Waals surface area (Å²) < 4.78 is 1.15. The number of nitrogens with zero attached hydrogens (tertiary/aromatic N) is 1. The number of benzene rings is 1. The number of aromatic nitrogens is 1. The van der Waals surface area contributed by atoms with Crippen LogP contribution in [0.25, 0.3) is 16.3 Å². The second-order valence-electron chi connectivity index (χ2n) is 5.20. The molecule has 0 atom stereocenters. The quantitative estimate of drug-likeness (QED) is 0.873. The van der Waals surface area contributed by atoms with Crippen LogP contribution in [0.4, 0.5) is 0 Å². The van der Waals surface area contributed by atoms with Crippen LogP contribution in [0.15, 0.2) is 30.3 Å². The van der Waals surface area contributed by atoms with Gasteiger partial charge in [-0.3, -0.25) is 4.79 Å². The number of nitrogens with one attached hydrogen (secondary N) is 1. The summed E-state index contributed by atoms with van der Waals surface area (Å²) in [5.41, 5.74) is 0.991. The number of carbonyl (C=O) groups excluding carboxylic acids is 1. The Morgan fingerprint density at radius 1 is 1.25 bits per heavy atom. The molecule has 1 amide bonds. The van der Waals surface area contributed by atoms with E-state index in [2.05, 4.69) is 10.3 Å². The van der Waals surface area contributed by atoms with Crippen LogP contribution in [-0.2, 0) is 4.79 Å². The molecule has 4 heteroatoms. The van der Waals surface area contributed by atoms with Gasteiger partial charge in [-0.15, -0.1) is 11.3 Å². The maximum Gasteiger partial charge on any atom is 0.244 e. The van der Waals surface area contributed by atoms with Gasteiger partial charge in [-0.1, -0.05) is 31.4 Å². The van der Waals surface area contributed by atoms with Crippen molar-refractivity contribution in [3.05, 3.63) is 35.3 Å². The third kappa shape index (κ3) is 3.25. The smallest absolute Gasteiger partial charge is 0.244 e. The van der Waals surface area contributed by atoms with E-state index < -0.39 is 0 Å². The molecule has 1 aromatic carbocycles. The number of hydrogen-bond donors (Lipinski definition) is 1. The first-order valence-electron chi connectivity index (χ1n) is 7.15. The highest BCUT2D eigenvalue weighted by molar-refractivity contribution is 7.19. The number of fused-ring (bicyclic) bond motifs is 1. The molecule has 2 aromatic rings. The van der Waals surface area contributed by atoms with Crippen LogP contribution in [-0.4, -0.2) is 16.9 Å². The van der Waals surface area contributed by atoms with Gasteiger partial charge in [-0.05, 0) is 31.1 Å². The summed E-state index contributed by atoms with van der Waals surface area (Å²) in [7, 11) is 0. The minimum atomic E-state index is -0.00356. The van der Waals surface area contributed by atoms with Gasteiger partial charge in [0, 0.05) is 12.1 Å². The molecule has 0 unspecified atom stereocenters. The van der Waals surface area contributed by atoms with E-state index in [0.717, 1.165) is 28.1 Å². The molecule has 1 aliphatic carbocycles. The van der Waals surface area contributed by atoms with Crippen LogP contribution in [0.2, 0.25) is 0 Å². The average molecular weight is 286 g/mol. The number of thiazole rings is 1. The lowest BCUT2D eigenvalue weighted by Crippen LogP contribution is -2.34. The Morgan fingerprint density at radius 3 is 2.85 bits per heavy atom. The Bertz CT molecular complexity index is 593. The molecule has 20 heavy (non-hydrogen) atoms. The molecule has 3 nitrogen and oxygen atoms in total. The van der Waals surface area contributed by atoms with Crippen molar-refractivity contribution in [2.24, 2.45) is 0 Å². The molecule has 1 heterocycles. The zero-order valence-corrected chi connectivity index (χ0v) is 12.2. The molecule has 0 bridgehead atoms. The molecule has 1 saturated carbocycles. The Balaban J connectivity index is 1.62. The van der Waals surface area contributed by atoms with Gasteiger partial charge >= 0.3 is 0 Å². The van der Waals surface area contributed by atoms with E-state index >= 15 is 0 Å². The Labute approximate surface area is 122 Å². The summed E-state index contributed by atoms with van der Waals surface area (Å²) in [6, 6.07) is 8.38. The lowest BCUT2D eigenvalue weighted by Gasteiger charge is -2.21. The zero-order chi connectivity index (χ0) is 13.8. The average Bonchev–Trinajstić information content (AvgIpc) is 2.89. The van der Waals surface area contributed by atoms with Gasteiger partial charge < -0.3 is 5.32 Å². The van der Waals surface area contributed by atoms with Crippen LogP contribution < -0.4 is 5.32 Å². The fourth-order valence-corrected chi connectivity index (χ4v) is 3.47. The second-order valence-corrected chi connectivity index (χ2v) is 6.26. The van der Waals surface area contributed by atoms with E-state index in [0.29, 0.717) is 6.04 Å². The molecule has 1 aliphatic rings. The maximum absolute atomic E-state index is 11.9. The van der Waals surface area contributed by atoms with Gasteiger partial charge in [0.2, 0.25) is 5.91 Å². The molecule has 0 spiro atoms. The minimum Gasteiger partial charge on any atom is -0.350 e. The Morgan fingerprint density at radius 2 is 2.05 bits per heavy atom. The number of hydrogen-bond acceptors (Lipinski definition) is 3. The lowest BCUT2D eigenvalue weighted by atomic mass is 9.95. The predicted octanol–water partition coefficient (Wildman–Crippen LogP) is 3.76. The van der Waals surface area contributed by atoms with Gasteiger partial charge in [0.1, 0.15) is 5.01 Å². The van der Waals surface area contributed by atoms with E-state index in [1.807, 2.05) is 30.3 Å². The van der Waals surface area contributed by atoms with Gasteiger partial charge in [-0.2, -0.15) is 0 Å². The number of carbonyl (C=O) groups is 1. The lowest BCUT2D eigenvalue weighted by molar-refractivity contribution is -0.117. The molecule has 0 saturated heterocycles. The first-order chi connectivity index (χ1) is 9.81. The number of para-hydroxylation sites is 1. The van der Waals surface area contributed by atoms with E-state index in [4.69, 9.17) is 0 Å². The summed E-state index contributed by atoms with van der Waals surface area (Å²) in [5.74, 6) is -0.00356. The summed E-state index contributed by atoms with van der Waals surface area (Å²) in [6.45, 7) is 0. The third-order valence-corrected chi connectivity index (χ3v) is 4.64. The largest absolute Gasteiger partial charge is 0.350 e. The van der Waals surface area contributed by atoms with Crippen LogP contribution in [0.1, 0.15) is 37.1 Å². The Kier molecular flexibility index (Phi) is 4.11. The van der Waals surface area contributed by atoms with Crippen molar-refractivity contribution in [3.63, 3.8) is 0 Å². The van der Waals surface area contributed by atoms with Gasteiger partial charge in [0.05, 0.1) is 10.2 Å². The standard InChI is InChI=1S/C16H18N2OS/c19-15(17-12-6-2-1-3-7-12)10-11-16-18-13-8-4-5-9-14(13)20-16/h4-5,8-12H,1-3,6-7H2,(H,17,19). The molecule has 1 fully saturated rings. The zero-order valence-electron chi connectivity index (χ0n) is 11.3. The van der Waals surface area contributed by atoms with Crippen molar-refractivity contribution >= 4 is 33.5 Å². The maximum atomic E-state index is 11.9. The van der Waals surface area contributed by atoms with E-state index in [-0.39, 0.29) is 5.91 Å². The molecule has 0 radical (unpaired) electrons. The highest BCUT2D eigenvalue weighted by Crippen LogP contribution is 2.22. The molecule has 0 aliphatic heterocycles. The van der Waals surface area contributed by atoms with Gasteiger partial charge in [0.25, 0.3) is 0 Å². The highest BCUT2D eigenvalue weighted by atomic mass is 32.1. The van der Waals surface area contributed by atoms with Crippen molar-refractivity contribution in [1.29, 1.82) is 0 Å². The minimum absolute atomic E-state index is 0.00356.